The van der Waals surface area contributed by atoms with Crippen molar-refractivity contribution in [1.29, 1.82) is 0 Å². The first-order chi connectivity index (χ1) is 8.22. The summed E-state index contributed by atoms with van der Waals surface area (Å²) in [5.74, 6) is 1.62. The Bertz CT molecular complexity index is 477. The Morgan fingerprint density at radius 3 is 2.88 bits per heavy atom. The van der Waals surface area contributed by atoms with E-state index in [-0.39, 0.29) is 0 Å². The van der Waals surface area contributed by atoms with Crippen molar-refractivity contribution in [2.45, 2.75) is 19.5 Å². The number of nitrogens with two attached hydrogens (primary N) is 1. The van der Waals surface area contributed by atoms with Crippen LogP contribution in [-0.2, 0) is 6.54 Å². The molecule has 2 aromatic rings. The van der Waals surface area contributed by atoms with E-state index < -0.39 is 0 Å². The Hall–Kier alpha value is -1.32. The number of hydrogen-bond acceptors (Lipinski definition) is 3. The van der Waals surface area contributed by atoms with Crippen LogP contribution in [-0.4, -0.2) is 24.0 Å². The van der Waals surface area contributed by atoms with E-state index in [4.69, 9.17) is 10.2 Å². The van der Waals surface area contributed by atoms with Gasteiger partial charge < -0.3 is 10.2 Å². The second-order valence-electron chi connectivity index (χ2n) is 5.09. The zero-order chi connectivity index (χ0) is 11.8. The average molecular weight is 230 g/mol. The van der Waals surface area contributed by atoms with Crippen molar-refractivity contribution in [1.82, 2.24) is 4.90 Å². The summed E-state index contributed by atoms with van der Waals surface area (Å²) >= 11 is 0. The first-order valence-electron chi connectivity index (χ1n) is 6.18. The van der Waals surface area contributed by atoms with Crippen LogP contribution in [0.2, 0.25) is 0 Å². The van der Waals surface area contributed by atoms with E-state index >= 15 is 0 Å². The second-order valence-corrected chi connectivity index (χ2v) is 5.09. The van der Waals surface area contributed by atoms with Gasteiger partial charge in [-0.3, -0.25) is 4.90 Å². The molecule has 1 aromatic carbocycles. The summed E-state index contributed by atoms with van der Waals surface area (Å²) in [6.45, 7) is 5.12. The molecule has 2 N–H and O–H groups in total. The van der Waals surface area contributed by atoms with Crippen LogP contribution in [0.3, 0.4) is 0 Å². The predicted octanol–water partition coefficient (Wildman–Crippen LogP) is 2.21. The maximum Gasteiger partial charge on any atom is 0.134 e. The number of hydrogen-bond donors (Lipinski definition) is 1. The Kier molecular flexibility index (Phi) is 2.65. The predicted molar refractivity (Wildman–Crippen MR) is 68.6 cm³/mol. The van der Waals surface area contributed by atoms with Gasteiger partial charge in [-0.25, -0.2) is 0 Å². The highest BCUT2D eigenvalue weighted by molar-refractivity contribution is 5.77. The second kappa shape index (κ2) is 4.17. The van der Waals surface area contributed by atoms with Crippen LogP contribution in [0, 0.1) is 5.92 Å². The molecule has 2 atom stereocenters. The van der Waals surface area contributed by atoms with Gasteiger partial charge in [0.05, 0.1) is 6.54 Å². The van der Waals surface area contributed by atoms with E-state index in [1.165, 1.54) is 5.39 Å². The lowest BCUT2D eigenvalue weighted by molar-refractivity contribution is 0.292. The molecule has 17 heavy (non-hydrogen) atoms. The van der Waals surface area contributed by atoms with Gasteiger partial charge in [0.15, 0.2) is 0 Å². The van der Waals surface area contributed by atoms with Crippen molar-refractivity contribution in [2.75, 3.05) is 13.1 Å². The van der Waals surface area contributed by atoms with E-state index in [0.717, 1.165) is 31.0 Å². The normalized spacial score (nSPS) is 25.8. The fraction of sp³-hybridized carbons (Fsp3) is 0.429. The van der Waals surface area contributed by atoms with Gasteiger partial charge in [-0.1, -0.05) is 25.1 Å². The molecule has 90 valence electrons. The molecule has 3 heteroatoms. The van der Waals surface area contributed by atoms with Crippen LogP contribution in [0.25, 0.3) is 11.0 Å². The van der Waals surface area contributed by atoms with E-state index in [0.29, 0.717) is 12.0 Å². The number of furan rings is 1. The third kappa shape index (κ3) is 2.08. The highest BCUT2D eigenvalue weighted by atomic mass is 16.3. The number of likely N-dealkylation sites (tertiary alicyclic amines) is 1. The summed E-state index contributed by atoms with van der Waals surface area (Å²) in [6, 6.07) is 10.6. The summed E-state index contributed by atoms with van der Waals surface area (Å²) in [6.07, 6.45) is 0. The molecule has 3 nitrogen and oxygen atoms in total. The van der Waals surface area contributed by atoms with Crippen molar-refractivity contribution in [2.24, 2.45) is 11.7 Å². The minimum Gasteiger partial charge on any atom is -0.460 e. The largest absolute Gasteiger partial charge is 0.460 e. The number of nitrogens with zero attached hydrogens (tertiary/aromatic N) is 1. The number of fused-ring (bicyclic) bond motifs is 1. The molecule has 0 amide bonds. The Balaban J connectivity index is 1.77. The molecule has 2 heterocycles. The van der Waals surface area contributed by atoms with Gasteiger partial charge >= 0.3 is 0 Å². The maximum absolute atomic E-state index is 6.03. The van der Waals surface area contributed by atoms with E-state index in [2.05, 4.69) is 24.0 Å². The van der Waals surface area contributed by atoms with Gasteiger partial charge in [-0.2, -0.15) is 0 Å². The Morgan fingerprint density at radius 2 is 2.18 bits per heavy atom. The van der Waals surface area contributed by atoms with Crippen LogP contribution in [0.15, 0.2) is 34.7 Å². The average Bonchev–Trinajstić information content (AvgIpc) is 2.83. The molecular formula is C14H18N2O. The highest BCUT2D eigenvalue weighted by Gasteiger charge is 2.26. The van der Waals surface area contributed by atoms with Crippen molar-refractivity contribution < 1.29 is 4.42 Å². The smallest absolute Gasteiger partial charge is 0.134 e. The molecular weight excluding hydrogens is 212 g/mol. The van der Waals surface area contributed by atoms with Gasteiger partial charge in [-0.05, 0) is 18.1 Å². The van der Waals surface area contributed by atoms with Crippen molar-refractivity contribution in [3.8, 4) is 0 Å². The zero-order valence-electron chi connectivity index (χ0n) is 10.1. The molecule has 1 aliphatic heterocycles. The molecule has 0 spiro atoms. The lowest BCUT2D eigenvalue weighted by Gasteiger charge is -2.12. The van der Waals surface area contributed by atoms with Crippen LogP contribution < -0.4 is 5.73 Å². The number of rotatable bonds is 2. The van der Waals surface area contributed by atoms with Crippen LogP contribution in [0.1, 0.15) is 12.7 Å². The third-order valence-corrected chi connectivity index (χ3v) is 3.60. The SMILES string of the molecule is CC1CN(Cc2cc3ccccc3o2)CC1N. The monoisotopic (exact) mass is 230 g/mol. The summed E-state index contributed by atoms with van der Waals surface area (Å²) < 4.78 is 5.82. The van der Waals surface area contributed by atoms with Gasteiger partial charge in [0.25, 0.3) is 0 Å². The number of para-hydroxylation sites is 1. The van der Waals surface area contributed by atoms with Crippen LogP contribution in [0.5, 0.6) is 0 Å². The Morgan fingerprint density at radius 1 is 1.35 bits per heavy atom. The van der Waals surface area contributed by atoms with Crippen molar-refractivity contribution >= 4 is 11.0 Å². The van der Waals surface area contributed by atoms with E-state index in [1.807, 2.05) is 18.2 Å². The van der Waals surface area contributed by atoms with Gasteiger partial charge in [0.1, 0.15) is 11.3 Å². The van der Waals surface area contributed by atoms with Gasteiger partial charge in [-0.15, -0.1) is 0 Å². The summed E-state index contributed by atoms with van der Waals surface area (Å²) in [5, 5.41) is 1.18. The zero-order valence-corrected chi connectivity index (χ0v) is 10.1. The van der Waals surface area contributed by atoms with E-state index in [9.17, 15) is 0 Å². The lowest BCUT2D eigenvalue weighted by atomic mass is 10.1. The first kappa shape index (κ1) is 10.8. The van der Waals surface area contributed by atoms with Crippen LogP contribution in [0.4, 0.5) is 0 Å². The molecule has 2 unspecified atom stereocenters. The Labute approximate surface area is 101 Å². The number of benzene rings is 1. The van der Waals surface area contributed by atoms with E-state index in [1.54, 1.807) is 0 Å². The molecule has 1 aliphatic rings. The molecule has 3 rings (SSSR count). The summed E-state index contributed by atoms with van der Waals surface area (Å²) in [4.78, 5) is 2.37. The molecule has 0 bridgehead atoms. The van der Waals surface area contributed by atoms with Gasteiger partial charge in [0, 0.05) is 24.5 Å². The maximum atomic E-state index is 6.03. The molecule has 0 radical (unpaired) electrons. The highest BCUT2D eigenvalue weighted by Crippen LogP contribution is 2.22. The molecule has 0 saturated carbocycles. The fourth-order valence-electron chi connectivity index (χ4n) is 2.56. The van der Waals surface area contributed by atoms with Crippen LogP contribution >= 0.6 is 0 Å². The minimum absolute atomic E-state index is 0.305. The molecule has 1 saturated heterocycles. The van der Waals surface area contributed by atoms with Crippen molar-refractivity contribution in [3.63, 3.8) is 0 Å². The van der Waals surface area contributed by atoms with Crippen molar-refractivity contribution in [3.05, 3.63) is 36.1 Å². The molecule has 1 aromatic heterocycles. The molecule has 0 aliphatic carbocycles. The minimum atomic E-state index is 0.305. The lowest BCUT2D eigenvalue weighted by Crippen LogP contribution is -2.28. The third-order valence-electron chi connectivity index (χ3n) is 3.60. The first-order valence-corrected chi connectivity index (χ1v) is 6.18. The summed E-state index contributed by atoms with van der Waals surface area (Å²) in [7, 11) is 0. The quantitative estimate of drug-likeness (QED) is 0.860. The van der Waals surface area contributed by atoms with Gasteiger partial charge in [0.2, 0.25) is 0 Å². The topological polar surface area (TPSA) is 42.4 Å². The molecule has 1 fully saturated rings. The summed E-state index contributed by atoms with van der Waals surface area (Å²) in [5.41, 5.74) is 7.00. The standard InChI is InChI=1S/C14H18N2O/c1-10-7-16(9-13(10)15)8-12-6-11-4-2-3-5-14(11)17-12/h2-6,10,13H,7-9,15H2,1H3. The fourth-order valence-corrected chi connectivity index (χ4v) is 2.56.